The van der Waals surface area contributed by atoms with Crippen molar-refractivity contribution >= 4 is 23.2 Å². The summed E-state index contributed by atoms with van der Waals surface area (Å²) in [5, 5.41) is 0.566. The van der Waals surface area contributed by atoms with E-state index in [1.807, 2.05) is 4.90 Å². The number of aromatic nitrogens is 1. The first-order valence-electron chi connectivity index (χ1n) is 7.08. The third kappa shape index (κ3) is 3.05. The van der Waals surface area contributed by atoms with Gasteiger partial charge in [0.1, 0.15) is 5.69 Å². The number of amides is 1. The molecule has 1 amide bonds. The van der Waals surface area contributed by atoms with Crippen molar-refractivity contribution < 1.29 is 4.79 Å². The van der Waals surface area contributed by atoms with Gasteiger partial charge in [-0.25, -0.2) is 0 Å². The predicted molar refractivity (Wildman–Crippen MR) is 85.1 cm³/mol. The van der Waals surface area contributed by atoms with Gasteiger partial charge in [0.05, 0.1) is 5.02 Å². The van der Waals surface area contributed by atoms with Gasteiger partial charge in [-0.3, -0.25) is 4.79 Å². The molecule has 1 saturated heterocycles. The number of H-pyrrole nitrogens is 1. The van der Waals surface area contributed by atoms with Gasteiger partial charge in [-0.15, -0.1) is 0 Å². The van der Waals surface area contributed by atoms with E-state index in [2.05, 4.69) is 41.1 Å². The first-order valence-corrected chi connectivity index (χ1v) is 7.46. The Labute approximate surface area is 129 Å². The standard InChI is InChI=1S/C16H18ClN3O/c1-12-3-2-4-14(9-12)19-5-7-20(8-6-19)16(21)15-10-13(17)11-18-15/h2-4,9-11,18H,5-8H2,1H3. The summed E-state index contributed by atoms with van der Waals surface area (Å²) in [6.07, 6.45) is 1.64. The van der Waals surface area contributed by atoms with Crippen molar-refractivity contribution in [2.45, 2.75) is 6.92 Å². The van der Waals surface area contributed by atoms with E-state index in [1.54, 1.807) is 12.3 Å². The van der Waals surface area contributed by atoms with Crippen molar-refractivity contribution in [2.75, 3.05) is 31.1 Å². The Morgan fingerprint density at radius 1 is 1.19 bits per heavy atom. The van der Waals surface area contributed by atoms with Crippen LogP contribution in [0.25, 0.3) is 0 Å². The van der Waals surface area contributed by atoms with Gasteiger partial charge in [-0.2, -0.15) is 0 Å². The minimum atomic E-state index is 0.0193. The Morgan fingerprint density at radius 3 is 2.57 bits per heavy atom. The third-order valence-electron chi connectivity index (χ3n) is 3.81. The van der Waals surface area contributed by atoms with E-state index >= 15 is 0 Å². The van der Waals surface area contributed by atoms with Crippen molar-refractivity contribution in [3.63, 3.8) is 0 Å². The topological polar surface area (TPSA) is 39.3 Å². The van der Waals surface area contributed by atoms with Crippen molar-refractivity contribution in [1.82, 2.24) is 9.88 Å². The number of benzene rings is 1. The van der Waals surface area contributed by atoms with Gasteiger partial charge in [-0.05, 0) is 30.7 Å². The molecule has 1 N–H and O–H groups in total. The number of hydrogen-bond donors (Lipinski definition) is 1. The van der Waals surface area contributed by atoms with Crippen molar-refractivity contribution in [3.05, 3.63) is 52.8 Å². The maximum Gasteiger partial charge on any atom is 0.270 e. The van der Waals surface area contributed by atoms with E-state index < -0.39 is 0 Å². The summed E-state index contributed by atoms with van der Waals surface area (Å²) in [6, 6.07) is 10.1. The highest BCUT2D eigenvalue weighted by Crippen LogP contribution is 2.19. The van der Waals surface area contributed by atoms with Crippen LogP contribution in [0.5, 0.6) is 0 Å². The van der Waals surface area contributed by atoms with Gasteiger partial charge >= 0.3 is 0 Å². The number of carbonyl (C=O) groups excluding carboxylic acids is 1. The fraction of sp³-hybridized carbons (Fsp3) is 0.312. The molecule has 0 atom stereocenters. The summed E-state index contributed by atoms with van der Waals surface area (Å²) in [6.45, 7) is 5.25. The molecule has 2 aromatic rings. The second kappa shape index (κ2) is 5.82. The van der Waals surface area contributed by atoms with Crippen molar-refractivity contribution in [1.29, 1.82) is 0 Å². The van der Waals surface area contributed by atoms with Crippen LogP contribution in [0.4, 0.5) is 5.69 Å². The van der Waals surface area contributed by atoms with Gasteiger partial charge in [-0.1, -0.05) is 23.7 Å². The number of aromatic amines is 1. The summed E-state index contributed by atoms with van der Waals surface area (Å²) >= 11 is 5.85. The van der Waals surface area contributed by atoms with Gasteiger partial charge < -0.3 is 14.8 Å². The molecule has 1 aromatic heterocycles. The zero-order valence-corrected chi connectivity index (χ0v) is 12.7. The van der Waals surface area contributed by atoms with Gasteiger partial charge in [0.15, 0.2) is 0 Å². The van der Waals surface area contributed by atoms with Crippen LogP contribution < -0.4 is 4.90 Å². The highest BCUT2D eigenvalue weighted by atomic mass is 35.5. The summed E-state index contributed by atoms with van der Waals surface area (Å²) in [4.78, 5) is 19.4. The second-order valence-electron chi connectivity index (χ2n) is 5.35. The van der Waals surface area contributed by atoms with Crippen LogP contribution in [0.3, 0.4) is 0 Å². The summed E-state index contributed by atoms with van der Waals surface area (Å²) < 4.78 is 0. The molecule has 3 rings (SSSR count). The van der Waals surface area contributed by atoms with Crippen LogP contribution >= 0.6 is 11.6 Å². The smallest absolute Gasteiger partial charge is 0.270 e. The quantitative estimate of drug-likeness (QED) is 0.926. The van der Waals surface area contributed by atoms with Crippen LogP contribution in [0.2, 0.25) is 5.02 Å². The minimum absolute atomic E-state index is 0.0193. The number of nitrogens with one attached hydrogen (secondary N) is 1. The average Bonchev–Trinajstić information content (AvgIpc) is 2.93. The fourth-order valence-corrected chi connectivity index (χ4v) is 2.82. The number of halogens is 1. The van der Waals surface area contributed by atoms with E-state index in [9.17, 15) is 4.79 Å². The lowest BCUT2D eigenvalue weighted by molar-refractivity contribution is 0.0741. The zero-order chi connectivity index (χ0) is 14.8. The lowest BCUT2D eigenvalue weighted by Crippen LogP contribution is -2.48. The van der Waals surface area contributed by atoms with Gasteiger partial charge in [0.25, 0.3) is 5.91 Å². The number of piperazine rings is 1. The Hall–Kier alpha value is -1.94. The number of rotatable bonds is 2. The molecule has 1 aliphatic rings. The first kappa shape index (κ1) is 14.0. The number of nitrogens with zero attached hydrogens (tertiary/aromatic N) is 2. The molecule has 110 valence electrons. The molecule has 0 radical (unpaired) electrons. The number of aryl methyl sites for hydroxylation is 1. The lowest BCUT2D eigenvalue weighted by atomic mass is 10.2. The fourth-order valence-electron chi connectivity index (χ4n) is 2.65. The zero-order valence-electron chi connectivity index (χ0n) is 12.0. The Bertz CT molecular complexity index is 644. The summed E-state index contributed by atoms with van der Waals surface area (Å²) in [5.74, 6) is 0.0193. The molecular weight excluding hydrogens is 286 g/mol. The van der Waals surface area contributed by atoms with Crippen molar-refractivity contribution in [3.8, 4) is 0 Å². The minimum Gasteiger partial charge on any atom is -0.368 e. The normalized spacial score (nSPS) is 15.3. The number of carbonyl (C=O) groups is 1. The molecule has 0 unspecified atom stereocenters. The second-order valence-corrected chi connectivity index (χ2v) is 5.79. The molecule has 4 nitrogen and oxygen atoms in total. The van der Waals surface area contributed by atoms with E-state index in [-0.39, 0.29) is 5.91 Å². The molecule has 1 aromatic carbocycles. The SMILES string of the molecule is Cc1cccc(N2CCN(C(=O)c3cc(Cl)c[nH]3)CC2)c1. The van der Waals surface area contributed by atoms with Gasteiger partial charge in [0.2, 0.25) is 0 Å². The highest BCUT2D eigenvalue weighted by Gasteiger charge is 2.23. The van der Waals surface area contributed by atoms with E-state index in [1.165, 1.54) is 11.3 Å². The predicted octanol–water partition coefficient (Wildman–Crippen LogP) is 2.94. The Morgan fingerprint density at radius 2 is 1.95 bits per heavy atom. The monoisotopic (exact) mass is 303 g/mol. The molecule has 0 aliphatic carbocycles. The molecule has 0 saturated carbocycles. The summed E-state index contributed by atoms with van der Waals surface area (Å²) in [7, 11) is 0. The van der Waals surface area contributed by atoms with E-state index in [4.69, 9.17) is 11.6 Å². The van der Waals surface area contributed by atoms with E-state index in [0.717, 1.165) is 26.2 Å². The maximum absolute atomic E-state index is 12.3. The van der Waals surface area contributed by atoms with Crippen LogP contribution in [0, 0.1) is 6.92 Å². The Kier molecular flexibility index (Phi) is 3.88. The number of anilines is 1. The maximum atomic E-state index is 12.3. The highest BCUT2D eigenvalue weighted by molar-refractivity contribution is 6.30. The Balaban J connectivity index is 1.64. The van der Waals surface area contributed by atoms with Crippen LogP contribution in [0.15, 0.2) is 36.5 Å². The van der Waals surface area contributed by atoms with Crippen LogP contribution in [-0.4, -0.2) is 42.0 Å². The molecule has 1 fully saturated rings. The van der Waals surface area contributed by atoms with Crippen LogP contribution in [0.1, 0.15) is 16.1 Å². The molecule has 0 spiro atoms. The van der Waals surface area contributed by atoms with E-state index in [0.29, 0.717) is 10.7 Å². The average molecular weight is 304 g/mol. The summed E-state index contributed by atoms with van der Waals surface area (Å²) in [5.41, 5.74) is 3.04. The molecule has 5 heteroatoms. The molecular formula is C16H18ClN3O. The third-order valence-corrected chi connectivity index (χ3v) is 4.03. The number of hydrogen-bond acceptors (Lipinski definition) is 2. The lowest BCUT2D eigenvalue weighted by Gasteiger charge is -2.36. The molecule has 1 aliphatic heterocycles. The largest absolute Gasteiger partial charge is 0.368 e. The van der Waals surface area contributed by atoms with Gasteiger partial charge in [0, 0.05) is 38.1 Å². The molecule has 0 bridgehead atoms. The molecule has 21 heavy (non-hydrogen) atoms. The molecule has 2 heterocycles. The van der Waals surface area contributed by atoms with Crippen LogP contribution in [-0.2, 0) is 0 Å². The van der Waals surface area contributed by atoms with Crippen molar-refractivity contribution in [2.24, 2.45) is 0 Å². The first-order chi connectivity index (χ1) is 10.1.